The van der Waals surface area contributed by atoms with Crippen LogP contribution in [0.25, 0.3) is 0 Å². The maximum absolute atomic E-state index is 12.5. The van der Waals surface area contributed by atoms with Gasteiger partial charge in [-0.3, -0.25) is 9.59 Å². The first kappa shape index (κ1) is 16.4. The Bertz CT molecular complexity index is 692. The highest BCUT2D eigenvalue weighted by Gasteiger charge is 2.57. The summed E-state index contributed by atoms with van der Waals surface area (Å²) in [5, 5.41) is 6.08. The normalized spacial score (nSPS) is 32.7. The number of nitrogens with one attached hydrogen (secondary N) is 2. The molecular weight excluding hydrogens is 320 g/mol. The number of carbonyl (C=O) groups is 2. The van der Waals surface area contributed by atoms with Crippen molar-refractivity contribution in [2.45, 2.75) is 31.4 Å². The standard InChI is InChI=1S/C19H24N2O4/c1-24-9-8-20-17(22)15-10-13-7-6-12(15)11-19(13)21-18(23)14-4-2-3-5-16(14)25-19/h2-5,12-13,15H,6-11H2,1H3,(H,20,22)(H,21,23)/t12-,13-,15+,19+/m1/s1. The van der Waals surface area contributed by atoms with Crippen molar-refractivity contribution in [3.8, 4) is 5.75 Å². The molecule has 1 aromatic rings. The third kappa shape index (κ3) is 2.78. The Balaban J connectivity index is 1.51. The molecule has 2 amide bonds. The number of carbonyl (C=O) groups excluding carboxylic acids is 2. The van der Waals surface area contributed by atoms with Gasteiger partial charge in [0, 0.05) is 31.9 Å². The van der Waals surface area contributed by atoms with Gasteiger partial charge >= 0.3 is 0 Å². The molecule has 0 unspecified atom stereocenters. The zero-order valence-corrected chi connectivity index (χ0v) is 14.4. The van der Waals surface area contributed by atoms with E-state index in [1.807, 2.05) is 18.2 Å². The average molecular weight is 344 g/mol. The van der Waals surface area contributed by atoms with Gasteiger partial charge < -0.3 is 20.1 Å². The summed E-state index contributed by atoms with van der Waals surface area (Å²) in [5.74, 6) is 1.07. The molecule has 5 rings (SSSR count). The van der Waals surface area contributed by atoms with Crippen LogP contribution >= 0.6 is 0 Å². The van der Waals surface area contributed by atoms with Gasteiger partial charge in [-0.2, -0.15) is 0 Å². The highest BCUT2D eigenvalue weighted by atomic mass is 16.5. The van der Waals surface area contributed by atoms with Crippen molar-refractivity contribution >= 4 is 11.8 Å². The molecule has 3 aliphatic carbocycles. The van der Waals surface area contributed by atoms with E-state index in [2.05, 4.69) is 10.6 Å². The highest BCUT2D eigenvalue weighted by molar-refractivity contribution is 5.98. The van der Waals surface area contributed by atoms with E-state index in [0.717, 1.165) is 19.3 Å². The molecule has 1 aliphatic heterocycles. The number of fused-ring (bicyclic) bond motifs is 3. The summed E-state index contributed by atoms with van der Waals surface area (Å²) in [5.41, 5.74) is -0.0686. The van der Waals surface area contributed by atoms with Gasteiger partial charge in [-0.15, -0.1) is 0 Å². The Hall–Kier alpha value is -2.08. The molecule has 4 atom stereocenters. The number of benzene rings is 1. The van der Waals surface area contributed by atoms with Crippen LogP contribution in [0.3, 0.4) is 0 Å². The number of methoxy groups -OCH3 is 1. The van der Waals surface area contributed by atoms with Crippen LogP contribution in [0.4, 0.5) is 0 Å². The van der Waals surface area contributed by atoms with Gasteiger partial charge in [-0.05, 0) is 37.3 Å². The summed E-state index contributed by atoms with van der Waals surface area (Å²) in [6, 6.07) is 7.36. The monoisotopic (exact) mass is 344 g/mol. The quantitative estimate of drug-likeness (QED) is 0.815. The molecule has 2 bridgehead atoms. The molecule has 0 saturated heterocycles. The Kier molecular flexibility index (Phi) is 4.15. The molecule has 0 radical (unpaired) electrons. The molecular formula is C19H24N2O4. The number of ether oxygens (including phenoxy) is 2. The van der Waals surface area contributed by atoms with E-state index in [4.69, 9.17) is 9.47 Å². The molecule has 6 nitrogen and oxygen atoms in total. The first-order valence-corrected chi connectivity index (χ1v) is 9.00. The Labute approximate surface area is 147 Å². The second-order valence-electron chi connectivity index (χ2n) is 7.31. The summed E-state index contributed by atoms with van der Waals surface area (Å²) in [7, 11) is 1.62. The topological polar surface area (TPSA) is 76.7 Å². The minimum Gasteiger partial charge on any atom is -0.467 e. The van der Waals surface area contributed by atoms with Gasteiger partial charge in [0.15, 0.2) is 5.72 Å². The molecule has 6 heteroatoms. The van der Waals surface area contributed by atoms with Crippen molar-refractivity contribution in [2.24, 2.45) is 17.8 Å². The van der Waals surface area contributed by atoms with Gasteiger partial charge in [0.05, 0.1) is 12.2 Å². The van der Waals surface area contributed by atoms with Crippen molar-refractivity contribution in [1.82, 2.24) is 10.6 Å². The van der Waals surface area contributed by atoms with Crippen LogP contribution in [0, 0.1) is 17.8 Å². The molecule has 134 valence electrons. The van der Waals surface area contributed by atoms with E-state index in [-0.39, 0.29) is 29.6 Å². The van der Waals surface area contributed by atoms with E-state index >= 15 is 0 Å². The Morgan fingerprint density at radius 2 is 2.24 bits per heavy atom. The van der Waals surface area contributed by atoms with Crippen LogP contribution in [-0.2, 0) is 9.53 Å². The van der Waals surface area contributed by atoms with Gasteiger partial charge in [0.2, 0.25) is 5.91 Å². The van der Waals surface area contributed by atoms with Crippen molar-refractivity contribution in [3.63, 3.8) is 0 Å². The number of para-hydroxylation sites is 1. The van der Waals surface area contributed by atoms with Crippen LogP contribution in [0.2, 0.25) is 0 Å². The zero-order chi connectivity index (χ0) is 17.4. The summed E-state index contributed by atoms with van der Waals surface area (Å²) in [6.07, 6.45) is 3.44. The average Bonchev–Trinajstić information content (AvgIpc) is 2.62. The van der Waals surface area contributed by atoms with E-state index in [1.165, 1.54) is 0 Å². The third-order valence-electron chi connectivity index (χ3n) is 5.91. The lowest BCUT2D eigenvalue weighted by Gasteiger charge is -2.55. The molecule has 1 aromatic carbocycles. The SMILES string of the molecule is COCCNC(=O)[C@H]1C[C@H]2CC[C@@H]1C[C@@]21NC(=O)c2ccccc2O1. The van der Waals surface area contributed by atoms with Crippen LogP contribution in [-0.4, -0.2) is 37.8 Å². The van der Waals surface area contributed by atoms with Crippen molar-refractivity contribution < 1.29 is 19.1 Å². The first-order chi connectivity index (χ1) is 12.1. The Morgan fingerprint density at radius 1 is 1.40 bits per heavy atom. The number of hydrogen-bond acceptors (Lipinski definition) is 4. The van der Waals surface area contributed by atoms with Gasteiger partial charge in [0.1, 0.15) is 5.75 Å². The first-order valence-electron chi connectivity index (χ1n) is 9.00. The van der Waals surface area contributed by atoms with Crippen LogP contribution in [0.1, 0.15) is 36.0 Å². The molecule has 3 saturated carbocycles. The van der Waals surface area contributed by atoms with Crippen LogP contribution in [0.15, 0.2) is 24.3 Å². The van der Waals surface area contributed by atoms with Crippen molar-refractivity contribution in [1.29, 1.82) is 0 Å². The fourth-order valence-corrected chi connectivity index (χ4v) is 4.69. The fraction of sp³-hybridized carbons (Fsp3) is 0.579. The van der Waals surface area contributed by atoms with Gasteiger partial charge in [-0.1, -0.05) is 12.1 Å². The minimum atomic E-state index is -0.655. The summed E-state index contributed by atoms with van der Waals surface area (Å²) >= 11 is 0. The summed E-state index contributed by atoms with van der Waals surface area (Å²) in [6.45, 7) is 1.06. The van der Waals surface area contributed by atoms with E-state index in [9.17, 15) is 9.59 Å². The number of amides is 2. The molecule has 1 heterocycles. The number of hydrogen-bond donors (Lipinski definition) is 2. The van der Waals surface area contributed by atoms with Gasteiger partial charge in [-0.25, -0.2) is 0 Å². The number of rotatable bonds is 4. The maximum atomic E-state index is 12.5. The molecule has 3 fully saturated rings. The van der Waals surface area contributed by atoms with Crippen LogP contribution in [0.5, 0.6) is 5.75 Å². The van der Waals surface area contributed by atoms with Crippen LogP contribution < -0.4 is 15.4 Å². The molecule has 25 heavy (non-hydrogen) atoms. The second-order valence-corrected chi connectivity index (χ2v) is 7.31. The van der Waals surface area contributed by atoms with E-state index in [0.29, 0.717) is 30.9 Å². The lowest BCUT2D eigenvalue weighted by atomic mass is 9.60. The Morgan fingerprint density at radius 3 is 3.00 bits per heavy atom. The van der Waals surface area contributed by atoms with E-state index in [1.54, 1.807) is 13.2 Å². The van der Waals surface area contributed by atoms with E-state index < -0.39 is 5.72 Å². The lowest BCUT2D eigenvalue weighted by Crippen LogP contribution is -2.67. The fourth-order valence-electron chi connectivity index (χ4n) is 4.69. The third-order valence-corrected chi connectivity index (χ3v) is 5.91. The minimum absolute atomic E-state index is 0.00102. The lowest BCUT2D eigenvalue weighted by molar-refractivity contribution is -0.146. The largest absolute Gasteiger partial charge is 0.467 e. The van der Waals surface area contributed by atoms with Gasteiger partial charge in [0.25, 0.3) is 5.91 Å². The van der Waals surface area contributed by atoms with Crippen molar-refractivity contribution in [3.05, 3.63) is 29.8 Å². The summed E-state index contributed by atoms with van der Waals surface area (Å²) in [4.78, 5) is 25.0. The smallest absolute Gasteiger partial charge is 0.258 e. The molecule has 2 N–H and O–H groups in total. The second kappa shape index (κ2) is 6.33. The highest BCUT2D eigenvalue weighted by Crippen LogP contribution is 2.52. The molecule has 0 aromatic heterocycles. The molecule has 1 spiro atoms. The predicted molar refractivity (Wildman–Crippen MR) is 91.1 cm³/mol. The maximum Gasteiger partial charge on any atom is 0.258 e. The predicted octanol–water partition coefficient (Wildman–Crippen LogP) is 1.70. The summed E-state index contributed by atoms with van der Waals surface area (Å²) < 4.78 is 11.3. The van der Waals surface area contributed by atoms with Crippen molar-refractivity contribution in [2.75, 3.05) is 20.3 Å². The molecule has 4 aliphatic rings. The zero-order valence-electron chi connectivity index (χ0n) is 14.4.